The molecule has 0 radical (unpaired) electrons. The first-order valence-corrected chi connectivity index (χ1v) is 11.8. The van der Waals surface area contributed by atoms with Gasteiger partial charge in [0.05, 0.1) is 11.4 Å². The Labute approximate surface area is 174 Å². The Morgan fingerprint density at radius 2 is 1.72 bits per heavy atom. The molecular weight excluding hydrogens is 408 g/mol. The van der Waals surface area contributed by atoms with Crippen LogP contribution in [0.15, 0.2) is 66.0 Å². The van der Waals surface area contributed by atoms with E-state index in [0.717, 1.165) is 5.75 Å². The molecule has 1 heterocycles. The van der Waals surface area contributed by atoms with Crippen LogP contribution in [-0.2, 0) is 27.0 Å². The number of hydrogen-bond acceptors (Lipinski definition) is 6. The van der Waals surface area contributed by atoms with E-state index in [1.165, 1.54) is 16.2 Å². The number of thiazole rings is 1. The van der Waals surface area contributed by atoms with Crippen LogP contribution in [0.4, 0.5) is 5.69 Å². The molecule has 8 heteroatoms. The van der Waals surface area contributed by atoms with Gasteiger partial charge in [0.2, 0.25) is 5.91 Å². The van der Waals surface area contributed by atoms with Crippen LogP contribution in [-0.4, -0.2) is 31.6 Å². The van der Waals surface area contributed by atoms with Crippen LogP contribution in [0.1, 0.15) is 17.6 Å². The third kappa shape index (κ3) is 6.13. The maximum absolute atomic E-state index is 12.6. The minimum absolute atomic E-state index is 0.269. The molecule has 0 fully saturated rings. The van der Waals surface area contributed by atoms with Crippen molar-refractivity contribution < 1.29 is 17.9 Å². The quantitative estimate of drug-likeness (QED) is 0.517. The number of aromatic nitrogens is 1. The van der Waals surface area contributed by atoms with E-state index in [1.54, 1.807) is 17.5 Å². The van der Waals surface area contributed by atoms with Crippen LogP contribution < -0.4 is 9.64 Å². The zero-order valence-electron chi connectivity index (χ0n) is 16.0. The van der Waals surface area contributed by atoms with Gasteiger partial charge in [0.1, 0.15) is 23.1 Å². The molecule has 0 N–H and O–H groups in total. The molecule has 1 amide bonds. The van der Waals surface area contributed by atoms with E-state index >= 15 is 0 Å². The van der Waals surface area contributed by atoms with Crippen molar-refractivity contribution in [3.05, 3.63) is 76.7 Å². The Morgan fingerprint density at radius 1 is 1.07 bits per heavy atom. The molecule has 1 aromatic heterocycles. The second-order valence-electron chi connectivity index (χ2n) is 6.34. The van der Waals surface area contributed by atoms with Gasteiger partial charge in [-0.15, -0.1) is 11.3 Å². The molecule has 152 valence electrons. The highest BCUT2D eigenvalue weighted by Crippen LogP contribution is 2.18. The number of anilines is 1. The lowest BCUT2D eigenvalue weighted by Gasteiger charge is -2.20. The summed E-state index contributed by atoms with van der Waals surface area (Å²) in [7, 11) is -3.64. The van der Waals surface area contributed by atoms with Crippen LogP contribution >= 0.6 is 11.3 Å². The number of hydrogen-bond donors (Lipinski definition) is 0. The highest BCUT2D eigenvalue weighted by molar-refractivity contribution is 7.91. The van der Waals surface area contributed by atoms with Crippen molar-refractivity contribution in [1.29, 1.82) is 0 Å². The summed E-state index contributed by atoms with van der Waals surface area (Å²) >= 11 is 1.34. The van der Waals surface area contributed by atoms with Crippen molar-refractivity contribution in [2.24, 2.45) is 0 Å². The van der Waals surface area contributed by atoms with Gasteiger partial charge < -0.3 is 9.64 Å². The topological polar surface area (TPSA) is 76.6 Å². The molecule has 0 aliphatic heterocycles. The smallest absolute Gasteiger partial charge is 0.242 e. The highest BCUT2D eigenvalue weighted by Gasteiger charge is 2.23. The summed E-state index contributed by atoms with van der Waals surface area (Å²) in [6, 6.07) is 18.4. The third-order valence-electron chi connectivity index (χ3n) is 4.10. The molecule has 0 saturated heterocycles. The maximum atomic E-state index is 12.6. The van der Waals surface area contributed by atoms with Crippen LogP contribution in [0, 0.1) is 0 Å². The van der Waals surface area contributed by atoms with Crippen molar-refractivity contribution in [3.8, 4) is 5.75 Å². The fraction of sp³-hybridized carbons (Fsp3) is 0.238. The number of carbonyl (C=O) groups excluding carboxylic acids is 1. The molecule has 0 aliphatic carbocycles. The standard InChI is InChI=1S/C21H22N2O4S2/c1-2-23(18-9-5-3-6-10-18)21(24)16-29(25,26)15-17-14-28-20(22-17)13-27-19-11-7-4-8-12-19/h3-12,14H,2,13,15-16H2,1H3. The Hall–Kier alpha value is -2.71. The molecule has 2 aromatic carbocycles. The largest absolute Gasteiger partial charge is 0.486 e. The predicted molar refractivity (Wildman–Crippen MR) is 115 cm³/mol. The van der Waals surface area contributed by atoms with Crippen LogP contribution in [0.25, 0.3) is 0 Å². The Balaban J connectivity index is 1.59. The normalized spacial score (nSPS) is 11.2. The van der Waals surface area contributed by atoms with E-state index < -0.39 is 21.5 Å². The lowest BCUT2D eigenvalue weighted by atomic mass is 10.3. The number of nitrogens with zero attached hydrogens (tertiary/aromatic N) is 2. The molecule has 0 bridgehead atoms. The summed E-state index contributed by atoms with van der Waals surface area (Å²) in [6.07, 6.45) is 0. The Bertz CT molecular complexity index is 1030. The summed E-state index contributed by atoms with van der Waals surface area (Å²) < 4.78 is 30.7. The minimum atomic E-state index is -3.64. The van der Waals surface area contributed by atoms with Crippen molar-refractivity contribution >= 4 is 32.8 Å². The number of amides is 1. The maximum Gasteiger partial charge on any atom is 0.242 e. The number of rotatable bonds is 9. The Kier molecular flexibility index (Phi) is 7.00. The van der Waals surface area contributed by atoms with Gasteiger partial charge in [-0.1, -0.05) is 36.4 Å². The van der Waals surface area contributed by atoms with Crippen LogP contribution in [0.2, 0.25) is 0 Å². The Morgan fingerprint density at radius 3 is 2.38 bits per heavy atom. The van der Waals surface area contributed by atoms with E-state index in [-0.39, 0.29) is 12.4 Å². The third-order valence-corrected chi connectivity index (χ3v) is 6.39. The SMILES string of the molecule is CCN(C(=O)CS(=O)(=O)Cc1csc(COc2ccccc2)n1)c1ccccc1. The number of carbonyl (C=O) groups is 1. The second-order valence-corrected chi connectivity index (χ2v) is 9.35. The zero-order chi connectivity index (χ0) is 20.7. The fourth-order valence-electron chi connectivity index (χ4n) is 2.80. The van der Waals surface area contributed by atoms with Gasteiger partial charge in [-0.3, -0.25) is 4.79 Å². The van der Waals surface area contributed by atoms with Crippen molar-refractivity contribution in [2.45, 2.75) is 19.3 Å². The molecule has 0 unspecified atom stereocenters. The van der Waals surface area contributed by atoms with E-state index in [9.17, 15) is 13.2 Å². The molecule has 0 saturated carbocycles. The second kappa shape index (κ2) is 9.67. The molecule has 29 heavy (non-hydrogen) atoms. The first-order valence-electron chi connectivity index (χ1n) is 9.14. The van der Waals surface area contributed by atoms with Crippen molar-refractivity contribution in [3.63, 3.8) is 0 Å². The summed E-state index contributed by atoms with van der Waals surface area (Å²) in [4.78, 5) is 18.4. The average Bonchev–Trinajstić information content (AvgIpc) is 3.14. The first kappa shape index (κ1) is 21.0. The van der Waals surface area contributed by atoms with Crippen molar-refractivity contribution in [2.75, 3.05) is 17.2 Å². The number of sulfone groups is 1. The van der Waals surface area contributed by atoms with Gasteiger partial charge in [-0.2, -0.15) is 0 Å². The highest BCUT2D eigenvalue weighted by atomic mass is 32.2. The van der Waals surface area contributed by atoms with Gasteiger partial charge in [0.15, 0.2) is 9.84 Å². The first-order chi connectivity index (χ1) is 14.0. The molecule has 3 aromatic rings. The number of ether oxygens (including phenoxy) is 1. The minimum Gasteiger partial charge on any atom is -0.486 e. The molecule has 0 spiro atoms. The van der Waals surface area contributed by atoms with E-state index in [2.05, 4.69) is 4.98 Å². The van der Waals surface area contributed by atoms with Gasteiger partial charge in [0, 0.05) is 17.6 Å². The summed E-state index contributed by atoms with van der Waals surface area (Å²) in [5, 5.41) is 2.38. The predicted octanol–water partition coefficient (Wildman–Crippen LogP) is 3.69. The van der Waals surface area contributed by atoms with E-state index in [1.807, 2.05) is 55.5 Å². The molecular formula is C21H22N2O4S2. The summed E-state index contributed by atoms with van der Waals surface area (Å²) in [5.41, 5.74) is 1.11. The fourth-order valence-corrected chi connectivity index (χ4v) is 4.84. The molecule has 3 rings (SSSR count). The van der Waals surface area contributed by atoms with Crippen molar-refractivity contribution in [1.82, 2.24) is 4.98 Å². The lowest BCUT2D eigenvalue weighted by molar-refractivity contribution is -0.116. The average molecular weight is 431 g/mol. The van der Waals surface area contributed by atoms with Gasteiger partial charge in [-0.05, 0) is 31.2 Å². The summed E-state index contributed by atoms with van der Waals surface area (Å²) in [5.74, 6) is -0.541. The van der Waals surface area contributed by atoms with E-state index in [0.29, 0.717) is 22.9 Å². The van der Waals surface area contributed by atoms with Gasteiger partial charge in [-0.25, -0.2) is 13.4 Å². The lowest BCUT2D eigenvalue weighted by Crippen LogP contribution is -2.36. The van der Waals surface area contributed by atoms with Crippen LogP contribution in [0.3, 0.4) is 0 Å². The molecule has 6 nitrogen and oxygen atoms in total. The molecule has 0 atom stereocenters. The summed E-state index contributed by atoms with van der Waals surface area (Å²) in [6.45, 7) is 2.48. The van der Waals surface area contributed by atoms with E-state index in [4.69, 9.17) is 4.74 Å². The monoisotopic (exact) mass is 430 g/mol. The molecule has 0 aliphatic rings. The number of benzene rings is 2. The van der Waals surface area contributed by atoms with Gasteiger partial charge >= 0.3 is 0 Å². The number of para-hydroxylation sites is 2. The van der Waals surface area contributed by atoms with Crippen LogP contribution in [0.5, 0.6) is 5.75 Å². The van der Waals surface area contributed by atoms with Gasteiger partial charge in [0.25, 0.3) is 0 Å². The zero-order valence-corrected chi connectivity index (χ0v) is 17.7.